The molecule has 3 aromatic carbocycles. The summed E-state index contributed by atoms with van der Waals surface area (Å²) in [6.45, 7) is 0.426. The summed E-state index contributed by atoms with van der Waals surface area (Å²) in [5.74, 6) is -0.570. The minimum atomic E-state index is -0.572. The van der Waals surface area contributed by atoms with Crippen molar-refractivity contribution < 1.29 is 13.9 Å². The number of carbonyl (C=O) groups excluding carboxylic acids is 1. The van der Waals surface area contributed by atoms with Crippen molar-refractivity contribution in [2.45, 2.75) is 5.92 Å². The van der Waals surface area contributed by atoms with Crippen LogP contribution in [0.3, 0.4) is 0 Å². The third-order valence-electron chi connectivity index (χ3n) is 5.15. The second kappa shape index (κ2) is 8.62. The van der Waals surface area contributed by atoms with Crippen molar-refractivity contribution in [3.05, 3.63) is 101 Å². The molecule has 1 aliphatic carbocycles. The number of rotatable bonds is 5. The Labute approximate surface area is 174 Å². The first-order valence-corrected chi connectivity index (χ1v) is 9.63. The van der Waals surface area contributed by atoms with Gasteiger partial charge in [0.15, 0.2) is 0 Å². The lowest BCUT2D eigenvalue weighted by Gasteiger charge is -2.14. The van der Waals surface area contributed by atoms with Gasteiger partial charge >= 0.3 is 6.09 Å². The quantitative estimate of drug-likeness (QED) is 0.639. The summed E-state index contributed by atoms with van der Waals surface area (Å²) in [6, 6.07) is 22.7. The SMILES string of the molecule is N#Cc1cccc(C=CCNC(=O)OCC2c3ccccc3-c3ccccc32)c1F. The van der Waals surface area contributed by atoms with E-state index in [4.69, 9.17) is 10.00 Å². The number of fused-ring (bicyclic) bond motifs is 3. The number of amides is 1. The Morgan fingerprint density at radius 3 is 2.37 bits per heavy atom. The predicted molar refractivity (Wildman–Crippen MR) is 113 cm³/mol. The van der Waals surface area contributed by atoms with E-state index in [2.05, 4.69) is 29.6 Å². The van der Waals surface area contributed by atoms with Gasteiger partial charge < -0.3 is 10.1 Å². The van der Waals surface area contributed by atoms with Crippen LogP contribution in [0.5, 0.6) is 0 Å². The van der Waals surface area contributed by atoms with Crippen LogP contribution in [0.25, 0.3) is 17.2 Å². The summed E-state index contributed by atoms with van der Waals surface area (Å²) in [5.41, 5.74) is 4.93. The lowest BCUT2D eigenvalue weighted by Crippen LogP contribution is -2.26. The van der Waals surface area contributed by atoms with Crippen LogP contribution in [-0.2, 0) is 4.74 Å². The number of halogens is 1. The Bertz CT molecular complexity index is 1120. The fraction of sp³-hybridized carbons (Fsp3) is 0.120. The summed E-state index contributed by atoms with van der Waals surface area (Å²) in [4.78, 5) is 12.1. The second-order valence-corrected chi connectivity index (χ2v) is 6.93. The van der Waals surface area contributed by atoms with Crippen LogP contribution >= 0.6 is 0 Å². The average molecular weight is 398 g/mol. The van der Waals surface area contributed by atoms with Gasteiger partial charge in [0.05, 0.1) is 5.56 Å². The molecular weight excluding hydrogens is 379 g/mol. The van der Waals surface area contributed by atoms with Gasteiger partial charge in [-0.05, 0) is 28.3 Å². The number of ether oxygens (including phenoxy) is 1. The molecule has 0 unspecified atom stereocenters. The molecule has 148 valence electrons. The second-order valence-electron chi connectivity index (χ2n) is 6.93. The van der Waals surface area contributed by atoms with Crippen LogP contribution in [0.2, 0.25) is 0 Å². The van der Waals surface area contributed by atoms with Crippen molar-refractivity contribution >= 4 is 12.2 Å². The van der Waals surface area contributed by atoms with E-state index in [0.717, 1.165) is 11.1 Å². The zero-order valence-corrected chi connectivity index (χ0v) is 16.1. The number of hydrogen-bond acceptors (Lipinski definition) is 3. The molecule has 30 heavy (non-hydrogen) atoms. The summed E-state index contributed by atoms with van der Waals surface area (Å²) in [6.07, 6.45) is 2.61. The maximum Gasteiger partial charge on any atom is 0.407 e. The van der Waals surface area contributed by atoms with Gasteiger partial charge in [-0.3, -0.25) is 0 Å². The maximum atomic E-state index is 14.0. The number of hydrogen-bond donors (Lipinski definition) is 1. The molecular formula is C25H19FN2O2. The minimum absolute atomic E-state index is 0.00140. The highest BCUT2D eigenvalue weighted by Crippen LogP contribution is 2.44. The fourth-order valence-electron chi connectivity index (χ4n) is 3.74. The number of nitrogens with one attached hydrogen (secondary N) is 1. The van der Waals surface area contributed by atoms with Gasteiger partial charge in [-0.2, -0.15) is 5.26 Å². The van der Waals surface area contributed by atoms with E-state index in [1.165, 1.54) is 23.3 Å². The Kier molecular flexibility index (Phi) is 5.58. The molecule has 1 amide bonds. The molecule has 0 spiro atoms. The maximum absolute atomic E-state index is 14.0. The fourth-order valence-corrected chi connectivity index (χ4v) is 3.74. The van der Waals surface area contributed by atoms with E-state index in [1.54, 1.807) is 24.3 Å². The van der Waals surface area contributed by atoms with Crippen molar-refractivity contribution in [1.29, 1.82) is 5.26 Å². The van der Waals surface area contributed by atoms with E-state index in [1.807, 2.05) is 24.3 Å². The van der Waals surface area contributed by atoms with E-state index >= 15 is 0 Å². The molecule has 1 aliphatic rings. The molecule has 0 fully saturated rings. The van der Waals surface area contributed by atoms with E-state index in [9.17, 15) is 9.18 Å². The van der Waals surface area contributed by atoms with E-state index in [-0.39, 0.29) is 24.6 Å². The molecule has 0 aromatic heterocycles. The largest absolute Gasteiger partial charge is 0.449 e. The monoisotopic (exact) mass is 398 g/mol. The summed E-state index contributed by atoms with van der Waals surface area (Å²) < 4.78 is 19.5. The van der Waals surface area contributed by atoms with Gasteiger partial charge in [0.2, 0.25) is 0 Å². The van der Waals surface area contributed by atoms with Gasteiger partial charge in [0.1, 0.15) is 18.5 Å². The number of carbonyl (C=O) groups is 1. The molecule has 0 heterocycles. The van der Waals surface area contributed by atoms with E-state index < -0.39 is 11.9 Å². The Morgan fingerprint density at radius 1 is 1.03 bits per heavy atom. The van der Waals surface area contributed by atoms with Crippen LogP contribution in [0.1, 0.15) is 28.2 Å². The summed E-state index contributed by atoms with van der Waals surface area (Å²) in [7, 11) is 0. The third-order valence-corrected chi connectivity index (χ3v) is 5.15. The number of nitriles is 1. The van der Waals surface area contributed by atoms with Gasteiger partial charge in [-0.25, -0.2) is 9.18 Å². The Balaban J connectivity index is 1.34. The number of nitrogens with zero attached hydrogens (tertiary/aromatic N) is 1. The zero-order valence-electron chi connectivity index (χ0n) is 16.1. The molecule has 3 aromatic rings. The Hall–Kier alpha value is -3.91. The van der Waals surface area contributed by atoms with E-state index in [0.29, 0.717) is 5.56 Å². The normalized spacial score (nSPS) is 12.3. The molecule has 4 nitrogen and oxygen atoms in total. The van der Waals surface area contributed by atoms with Gasteiger partial charge in [0.25, 0.3) is 0 Å². The lowest BCUT2D eigenvalue weighted by molar-refractivity contribution is 0.144. The first-order valence-electron chi connectivity index (χ1n) is 9.63. The third kappa shape index (κ3) is 3.81. The predicted octanol–water partition coefficient (Wildman–Crippen LogP) is 5.25. The summed E-state index contributed by atoms with van der Waals surface area (Å²) in [5, 5.41) is 11.5. The first kappa shape index (κ1) is 19.4. The Morgan fingerprint density at radius 2 is 1.70 bits per heavy atom. The molecule has 0 aliphatic heterocycles. The van der Waals surface area contributed by atoms with Crippen LogP contribution in [0.15, 0.2) is 72.8 Å². The minimum Gasteiger partial charge on any atom is -0.449 e. The smallest absolute Gasteiger partial charge is 0.407 e. The average Bonchev–Trinajstić information content (AvgIpc) is 3.10. The molecule has 0 bridgehead atoms. The highest BCUT2D eigenvalue weighted by molar-refractivity contribution is 5.79. The molecule has 0 saturated carbocycles. The molecule has 0 radical (unpaired) electrons. The lowest BCUT2D eigenvalue weighted by atomic mass is 9.98. The molecule has 0 atom stereocenters. The molecule has 0 saturated heterocycles. The highest BCUT2D eigenvalue weighted by Gasteiger charge is 2.28. The van der Waals surface area contributed by atoms with Crippen LogP contribution in [-0.4, -0.2) is 19.2 Å². The van der Waals surface area contributed by atoms with Crippen molar-refractivity contribution in [1.82, 2.24) is 5.32 Å². The molecule has 4 rings (SSSR count). The summed E-state index contributed by atoms with van der Waals surface area (Å²) >= 11 is 0. The zero-order chi connectivity index (χ0) is 20.9. The van der Waals surface area contributed by atoms with Crippen molar-refractivity contribution in [2.24, 2.45) is 0 Å². The van der Waals surface area contributed by atoms with Gasteiger partial charge in [-0.1, -0.05) is 72.8 Å². The van der Waals surface area contributed by atoms with Gasteiger partial charge in [-0.15, -0.1) is 0 Å². The van der Waals surface area contributed by atoms with Crippen molar-refractivity contribution in [3.63, 3.8) is 0 Å². The topological polar surface area (TPSA) is 62.1 Å². The molecule has 5 heteroatoms. The van der Waals surface area contributed by atoms with Crippen LogP contribution in [0.4, 0.5) is 9.18 Å². The standard InChI is InChI=1S/C25H19FN2O2/c26-24-17(7-5-8-18(24)15-27)9-6-14-28-25(29)30-16-23-21-12-3-1-10-19(21)20-11-2-4-13-22(20)23/h1-13,23H,14,16H2,(H,28,29). The number of benzene rings is 3. The van der Waals surface area contributed by atoms with Crippen molar-refractivity contribution in [3.8, 4) is 17.2 Å². The highest BCUT2D eigenvalue weighted by atomic mass is 19.1. The van der Waals surface area contributed by atoms with Crippen molar-refractivity contribution in [2.75, 3.05) is 13.2 Å². The van der Waals surface area contributed by atoms with Gasteiger partial charge in [0, 0.05) is 18.0 Å². The first-order chi connectivity index (χ1) is 14.7. The van der Waals surface area contributed by atoms with Crippen LogP contribution < -0.4 is 5.32 Å². The number of alkyl carbamates (subject to hydrolysis) is 1. The van der Waals surface area contributed by atoms with Crippen LogP contribution in [0, 0.1) is 17.1 Å². The molecule has 1 N–H and O–H groups in total.